The van der Waals surface area contributed by atoms with Crippen LogP contribution in [0, 0.1) is 0 Å². The fourth-order valence-electron chi connectivity index (χ4n) is 2.42. The quantitative estimate of drug-likeness (QED) is 0.817. The number of hydrogen-bond donors (Lipinski definition) is 1. The van der Waals surface area contributed by atoms with E-state index in [0.717, 1.165) is 6.54 Å². The molecule has 0 aliphatic rings. The fraction of sp³-hybridized carbons (Fsp3) is 0.400. The molecule has 0 fully saturated rings. The van der Waals surface area contributed by atoms with Gasteiger partial charge in [-0.05, 0) is 27.7 Å². The monoisotopic (exact) mass is 281 g/mol. The van der Waals surface area contributed by atoms with Crippen molar-refractivity contribution in [1.82, 2.24) is 5.32 Å². The standard InChI is InChI=1S/C20H27N/c1-15(2)21-14-17-8-6-7-9-19(17)16-10-12-18(13-11-16)20(3,4)5/h6-13,15,21H,14H2,1-5H3. The van der Waals surface area contributed by atoms with E-state index >= 15 is 0 Å². The molecule has 112 valence electrons. The highest BCUT2D eigenvalue weighted by atomic mass is 14.9. The molecule has 0 heterocycles. The van der Waals surface area contributed by atoms with Gasteiger partial charge in [0, 0.05) is 12.6 Å². The van der Waals surface area contributed by atoms with Crippen molar-refractivity contribution in [2.24, 2.45) is 0 Å². The van der Waals surface area contributed by atoms with Crippen LogP contribution < -0.4 is 5.32 Å². The molecule has 2 aromatic carbocycles. The van der Waals surface area contributed by atoms with E-state index < -0.39 is 0 Å². The molecule has 2 aromatic rings. The van der Waals surface area contributed by atoms with Crippen molar-refractivity contribution in [2.75, 3.05) is 0 Å². The van der Waals surface area contributed by atoms with Crippen molar-refractivity contribution < 1.29 is 0 Å². The minimum atomic E-state index is 0.206. The maximum atomic E-state index is 3.51. The molecule has 0 atom stereocenters. The molecule has 0 aromatic heterocycles. The average molecular weight is 281 g/mol. The summed E-state index contributed by atoms with van der Waals surface area (Å²) < 4.78 is 0. The highest BCUT2D eigenvalue weighted by Gasteiger charge is 2.13. The Balaban J connectivity index is 2.29. The van der Waals surface area contributed by atoms with Crippen molar-refractivity contribution >= 4 is 0 Å². The summed E-state index contributed by atoms with van der Waals surface area (Å²) >= 11 is 0. The Bertz CT molecular complexity index is 574. The first-order valence-corrected chi connectivity index (χ1v) is 7.80. The molecule has 21 heavy (non-hydrogen) atoms. The lowest BCUT2D eigenvalue weighted by molar-refractivity contribution is 0.589. The van der Waals surface area contributed by atoms with E-state index in [9.17, 15) is 0 Å². The van der Waals surface area contributed by atoms with Gasteiger partial charge in [0.2, 0.25) is 0 Å². The summed E-state index contributed by atoms with van der Waals surface area (Å²) in [5.74, 6) is 0. The maximum Gasteiger partial charge on any atom is 0.0214 e. The molecular formula is C20H27N. The van der Waals surface area contributed by atoms with Crippen LogP contribution in [0.4, 0.5) is 0 Å². The first-order valence-electron chi connectivity index (χ1n) is 7.80. The summed E-state index contributed by atoms with van der Waals surface area (Å²) in [6.07, 6.45) is 0. The molecule has 0 aliphatic carbocycles. The lowest BCUT2D eigenvalue weighted by Gasteiger charge is -2.19. The zero-order chi connectivity index (χ0) is 15.5. The average Bonchev–Trinajstić information content (AvgIpc) is 2.44. The Labute approximate surface area is 129 Å². The van der Waals surface area contributed by atoms with Crippen molar-refractivity contribution in [3.8, 4) is 11.1 Å². The van der Waals surface area contributed by atoms with Crippen LogP contribution in [0.5, 0.6) is 0 Å². The molecule has 2 rings (SSSR count). The van der Waals surface area contributed by atoms with E-state index in [1.807, 2.05) is 0 Å². The van der Waals surface area contributed by atoms with E-state index in [2.05, 4.69) is 88.5 Å². The molecule has 0 radical (unpaired) electrons. The summed E-state index contributed by atoms with van der Waals surface area (Å²) in [6, 6.07) is 18.1. The summed E-state index contributed by atoms with van der Waals surface area (Å²) in [5.41, 5.74) is 5.56. The predicted octanol–water partition coefficient (Wildman–Crippen LogP) is 5.15. The van der Waals surface area contributed by atoms with Gasteiger partial charge in [0.25, 0.3) is 0 Å². The van der Waals surface area contributed by atoms with Gasteiger partial charge < -0.3 is 5.32 Å². The number of rotatable bonds is 4. The zero-order valence-electron chi connectivity index (χ0n) is 13.9. The topological polar surface area (TPSA) is 12.0 Å². The van der Waals surface area contributed by atoms with E-state index in [1.165, 1.54) is 22.3 Å². The van der Waals surface area contributed by atoms with E-state index in [0.29, 0.717) is 6.04 Å². The van der Waals surface area contributed by atoms with E-state index in [-0.39, 0.29) is 5.41 Å². The number of benzene rings is 2. The molecule has 0 saturated carbocycles. The lowest BCUT2D eigenvalue weighted by atomic mass is 9.86. The van der Waals surface area contributed by atoms with Gasteiger partial charge in [0.1, 0.15) is 0 Å². The normalized spacial score (nSPS) is 11.9. The molecule has 0 spiro atoms. The Morgan fingerprint density at radius 2 is 1.52 bits per heavy atom. The van der Waals surface area contributed by atoms with Crippen molar-refractivity contribution in [3.05, 3.63) is 59.7 Å². The smallest absolute Gasteiger partial charge is 0.0214 e. The van der Waals surface area contributed by atoms with E-state index in [4.69, 9.17) is 0 Å². The summed E-state index contributed by atoms with van der Waals surface area (Å²) in [5, 5.41) is 3.51. The third-order valence-electron chi connectivity index (χ3n) is 3.78. The Kier molecular flexibility index (Phi) is 4.84. The maximum absolute atomic E-state index is 3.51. The van der Waals surface area contributed by atoms with Gasteiger partial charge in [-0.25, -0.2) is 0 Å². The Hall–Kier alpha value is -1.60. The van der Waals surface area contributed by atoms with Gasteiger partial charge >= 0.3 is 0 Å². The first kappa shape index (κ1) is 15.8. The SMILES string of the molecule is CC(C)NCc1ccccc1-c1ccc(C(C)(C)C)cc1. The second-order valence-electron chi connectivity index (χ2n) is 7.02. The molecule has 0 unspecified atom stereocenters. The van der Waals surface area contributed by atoms with Crippen molar-refractivity contribution in [3.63, 3.8) is 0 Å². The fourth-order valence-corrected chi connectivity index (χ4v) is 2.42. The van der Waals surface area contributed by atoms with Gasteiger partial charge in [-0.15, -0.1) is 0 Å². The lowest BCUT2D eigenvalue weighted by Crippen LogP contribution is -2.22. The van der Waals surface area contributed by atoms with Crippen LogP contribution in [0.15, 0.2) is 48.5 Å². The van der Waals surface area contributed by atoms with Gasteiger partial charge in [0.15, 0.2) is 0 Å². The molecule has 0 aliphatic heterocycles. The van der Waals surface area contributed by atoms with Crippen LogP contribution in [0.3, 0.4) is 0 Å². The van der Waals surface area contributed by atoms with Gasteiger partial charge in [-0.3, -0.25) is 0 Å². The highest BCUT2D eigenvalue weighted by Crippen LogP contribution is 2.28. The first-order chi connectivity index (χ1) is 9.88. The van der Waals surface area contributed by atoms with Gasteiger partial charge in [0.05, 0.1) is 0 Å². The van der Waals surface area contributed by atoms with Crippen LogP contribution in [-0.4, -0.2) is 6.04 Å². The molecule has 1 nitrogen and oxygen atoms in total. The minimum absolute atomic E-state index is 0.206. The Morgan fingerprint density at radius 1 is 0.905 bits per heavy atom. The summed E-state index contributed by atoms with van der Waals surface area (Å²) in [7, 11) is 0. The molecule has 0 amide bonds. The third kappa shape index (κ3) is 4.18. The number of nitrogens with one attached hydrogen (secondary N) is 1. The van der Waals surface area contributed by atoms with Crippen LogP contribution in [-0.2, 0) is 12.0 Å². The van der Waals surface area contributed by atoms with E-state index in [1.54, 1.807) is 0 Å². The summed E-state index contributed by atoms with van der Waals surface area (Å²) in [6.45, 7) is 12.0. The van der Waals surface area contributed by atoms with Gasteiger partial charge in [-0.1, -0.05) is 83.1 Å². The Morgan fingerprint density at radius 3 is 2.10 bits per heavy atom. The zero-order valence-corrected chi connectivity index (χ0v) is 13.9. The van der Waals surface area contributed by atoms with Crippen molar-refractivity contribution in [1.29, 1.82) is 0 Å². The molecule has 1 N–H and O–H groups in total. The molecule has 1 heteroatoms. The highest BCUT2D eigenvalue weighted by molar-refractivity contribution is 5.67. The molecular weight excluding hydrogens is 254 g/mol. The predicted molar refractivity (Wildman–Crippen MR) is 92.6 cm³/mol. The minimum Gasteiger partial charge on any atom is -0.310 e. The molecule has 0 saturated heterocycles. The second-order valence-corrected chi connectivity index (χ2v) is 7.02. The van der Waals surface area contributed by atoms with Gasteiger partial charge in [-0.2, -0.15) is 0 Å². The van der Waals surface area contributed by atoms with Crippen LogP contribution >= 0.6 is 0 Å². The van der Waals surface area contributed by atoms with Crippen LogP contribution in [0.2, 0.25) is 0 Å². The van der Waals surface area contributed by atoms with Crippen molar-refractivity contribution in [2.45, 2.75) is 52.6 Å². The molecule has 0 bridgehead atoms. The van der Waals surface area contributed by atoms with Crippen LogP contribution in [0.1, 0.15) is 45.7 Å². The third-order valence-corrected chi connectivity index (χ3v) is 3.78. The second kappa shape index (κ2) is 6.44. The van der Waals surface area contributed by atoms with Crippen LogP contribution in [0.25, 0.3) is 11.1 Å². The largest absolute Gasteiger partial charge is 0.310 e. The summed E-state index contributed by atoms with van der Waals surface area (Å²) in [4.78, 5) is 0. The number of hydrogen-bond acceptors (Lipinski definition) is 1.